The van der Waals surface area contributed by atoms with E-state index in [9.17, 15) is 9.59 Å². The van der Waals surface area contributed by atoms with Crippen LogP contribution in [0, 0.1) is 6.92 Å². The third kappa shape index (κ3) is 3.78. The third-order valence-electron chi connectivity index (χ3n) is 4.38. The topological polar surface area (TPSA) is 88.5 Å². The van der Waals surface area contributed by atoms with Crippen LogP contribution >= 0.6 is 11.3 Å². The molecule has 1 unspecified atom stereocenters. The van der Waals surface area contributed by atoms with Crippen LogP contribution in [0.15, 0.2) is 18.2 Å². The van der Waals surface area contributed by atoms with Gasteiger partial charge in [-0.05, 0) is 31.0 Å². The number of carboxylic acid groups (broad SMARTS) is 1. The zero-order valence-electron chi connectivity index (χ0n) is 14.9. The van der Waals surface area contributed by atoms with Crippen molar-refractivity contribution in [2.75, 3.05) is 13.2 Å². The van der Waals surface area contributed by atoms with E-state index in [2.05, 4.69) is 12.2 Å². The molecule has 26 heavy (non-hydrogen) atoms. The van der Waals surface area contributed by atoms with Crippen molar-refractivity contribution in [2.45, 2.75) is 39.2 Å². The smallest absolute Gasteiger partial charge is 0.335 e. The fourth-order valence-electron chi connectivity index (χ4n) is 2.94. The summed E-state index contributed by atoms with van der Waals surface area (Å²) in [6.07, 6.45) is 2.60. The van der Waals surface area contributed by atoms with Crippen LogP contribution in [0.1, 0.15) is 52.3 Å². The van der Waals surface area contributed by atoms with E-state index in [-0.39, 0.29) is 11.5 Å². The SMILES string of the molecule is CCCCOC(=O)C1NCCc2nc(-c3ccc(C(=O)O)cc3C)sc21. The molecule has 1 aromatic carbocycles. The highest BCUT2D eigenvalue weighted by atomic mass is 32.1. The number of ether oxygens (including phenoxy) is 1. The first-order valence-corrected chi connectivity index (χ1v) is 9.56. The number of nitrogens with one attached hydrogen (secondary N) is 1. The lowest BCUT2D eigenvalue weighted by Crippen LogP contribution is -2.35. The summed E-state index contributed by atoms with van der Waals surface area (Å²) in [5.41, 5.74) is 2.92. The highest BCUT2D eigenvalue weighted by Gasteiger charge is 2.31. The van der Waals surface area contributed by atoms with E-state index in [0.29, 0.717) is 13.2 Å². The quantitative estimate of drug-likeness (QED) is 0.595. The molecule has 1 aliphatic rings. The number of thiazole rings is 1. The molecule has 3 rings (SSSR count). The molecule has 7 heteroatoms. The van der Waals surface area contributed by atoms with Gasteiger partial charge in [0.25, 0.3) is 0 Å². The van der Waals surface area contributed by atoms with Gasteiger partial charge in [0.1, 0.15) is 11.0 Å². The first kappa shape index (κ1) is 18.5. The number of aromatic nitrogens is 1. The minimum Gasteiger partial charge on any atom is -0.478 e. The number of unbranched alkanes of at least 4 members (excludes halogenated alkanes) is 1. The van der Waals surface area contributed by atoms with Crippen LogP contribution in [0.2, 0.25) is 0 Å². The second-order valence-electron chi connectivity index (χ2n) is 6.32. The van der Waals surface area contributed by atoms with Crippen LogP contribution in [0.4, 0.5) is 0 Å². The van der Waals surface area contributed by atoms with Crippen molar-refractivity contribution in [3.05, 3.63) is 39.9 Å². The number of esters is 1. The number of carbonyl (C=O) groups excluding carboxylic acids is 1. The molecule has 0 amide bonds. The van der Waals surface area contributed by atoms with Gasteiger partial charge in [-0.3, -0.25) is 5.32 Å². The molecule has 0 aliphatic carbocycles. The lowest BCUT2D eigenvalue weighted by atomic mass is 10.1. The predicted octanol–water partition coefficient (Wildman–Crippen LogP) is 3.35. The Labute approximate surface area is 156 Å². The molecule has 2 aromatic rings. The van der Waals surface area contributed by atoms with Crippen LogP contribution < -0.4 is 5.32 Å². The van der Waals surface area contributed by atoms with Crippen molar-refractivity contribution >= 4 is 23.3 Å². The highest BCUT2D eigenvalue weighted by molar-refractivity contribution is 7.15. The van der Waals surface area contributed by atoms with Gasteiger partial charge in [0, 0.05) is 18.5 Å². The minimum absolute atomic E-state index is 0.256. The van der Waals surface area contributed by atoms with Crippen LogP contribution in [0.3, 0.4) is 0 Å². The van der Waals surface area contributed by atoms with Gasteiger partial charge < -0.3 is 9.84 Å². The minimum atomic E-state index is -0.947. The zero-order chi connectivity index (χ0) is 18.7. The van der Waals surface area contributed by atoms with Crippen molar-refractivity contribution in [1.82, 2.24) is 10.3 Å². The summed E-state index contributed by atoms with van der Waals surface area (Å²) in [6, 6.07) is 4.54. The van der Waals surface area contributed by atoms with Gasteiger partial charge in [0.15, 0.2) is 0 Å². The summed E-state index contributed by atoms with van der Waals surface area (Å²) in [4.78, 5) is 29.1. The van der Waals surface area contributed by atoms with Gasteiger partial charge in [-0.2, -0.15) is 0 Å². The van der Waals surface area contributed by atoms with E-state index in [1.807, 2.05) is 6.92 Å². The van der Waals surface area contributed by atoms with Gasteiger partial charge >= 0.3 is 11.9 Å². The number of aromatic carboxylic acids is 1. The average molecular weight is 374 g/mol. The summed E-state index contributed by atoms with van der Waals surface area (Å²) in [7, 11) is 0. The molecule has 2 N–H and O–H groups in total. The number of carboxylic acids is 1. The number of nitrogens with zero attached hydrogens (tertiary/aromatic N) is 1. The molecule has 1 aliphatic heterocycles. The number of benzene rings is 1. The van der Waals surface area contributed by atoms with E-state index >= 15 is 0 Å². The average Bonchev–Trinajstić information content (AvgIpc) is 3.05. The molecule has 0 bridgehead atoms. The molecule has 0 spiro atoms. The van der Waals surface area contributed by atoms with E-state index in [1.165, 1.54) is 11.3 Å². The molecule has 138 valence electrons. The van der Waals surface area contributed by atoms with E-state index in [1.54, 1.807) is 18.2 Å². The van der Waals surface area contributed by atoms with E-state index in [4.69, 9.17) is 14.8 Å². The number of carbonyl (C=O) groups is 2. The fraction of sp³-hybridized carbons (Fsp3) is 0.421. The second-order valence-corrected chi connectivity index (χ2v) is 7.35. The Morgan fingerprint density at radius 3 is 2.92 bits per heavy atom. The molecule has 1 aromatic heterocycles. The first-order valence-electron chi connectivity index (χ1n) is 8.75. The standard InChI is InChI=1S/C19H22N2O4S/c1-3-4-9-25-19(24)15-16-14(7-8-20-15)21-17(26-16)13-6-5-12(18(22)23)10-11(13)2/h5-6,10,15,20H,3-4,7-9H2,1-2H3,(H,22,23). The summed E-state index contributed by atoms with van der Waals surface area (Å²) in [6.45, 7) is 5.04. The van der Waals surface area contributed by atoms with E-state index < -0.39 is 12.0 Å². The maximum Gasteiger partial charge on any atom is 0.335 e. The molecular weight excluding hydrogens is 352 g/mol. The van der Waals surface area contributed by atoms with Gasteiger partial charge in [0.05, 0.1) is 22.7 Å². The lowest BCUT2D eigenvalue weighted by molar-refractivity contribution is -0.146. The lowest BCUT2D eigenvalue weighted by Gasteiger charge is -2.21. The van der Waals surface area contributed by atoms with Crippen LogP contribution in [0.25, 0.3) is 10.6 Å². The van der Waals surface area contributed by atoms with Gasteiger partial charge in [-0.25, -0.2) is 14.6 Å². The Balaban J connectivity index is 1.87. The summed E-state index contributed by atoms with van der Waals surface area (Å²) >= 11 is 1.47. The Hall–Kier alpha value is -2.25. The van der Waals surface area contributed by atoms with Crippen molar-refractivity contribution in [3.63, 3.8) is 0 Å². The zero-order valence-corrected chi connectivity index (χ0v) is 15.7. The van der Waals surface area contributed by atoms with Crippen LogP contribution in [-0.4, -0.2) is 35.2 Å². The third-order valence-corrected chi connectivity index (χ3v) is 5.58. The Kier molecular flexibility index (Phi) is 5.68. The highest BCUT2D eigenvalue weighted by Crippen LogP contribution is 2.36. The van der Waals surface area contributed by atoms with Crippen molar-refractivity contribution in [3.8, 4) is 10.6 Å². The fourth-order valence-corrected chi connectivity index (χ4v) is 4.20. The molecule has 6 nitrogen and oxygen atoms in total. The van der Waals surface area contributed by atoms with Gasteiger partial charge in [-0.15, -0.1) is 11.3 Å². The normalized spacial score (nSPS) is 16.2. The number of rotatable bonds is 6. The summed E-state index contributed by atoms with van der Waals surface area (Å²) in [5.74, 6) is -1.20. The largest absolute Gasteiger partial charge is 0.478 e. The number of fused-ring (bicyclic) bond motifs is 1. The maximum absolute atomic E-state index is 12.4. The van der Waals surface area contributed by atoms with Crippen LogP contribution in [-0.2, 0) is 16.0 Å². The Bertz CT molecular complexity index is 831. The molecule has 0 saturated carbocycles. The summed E-state index contributed by atoms with van der Waals surface area (Å²) < 4.78 is 5.37. The van der Waals surface area contributed by atoms with Crippen molar-refractivity contribution in [1.29, 1.82) is 0 Å². The molecule has 2 heterocycles. The van der Waals surface area contributed by atoms with Crippen molar-refractivity contribution in [2.24, 2.45) is 0 Å². The van der Waals surface area contributed by atoms with Crippen LogP contribution in [0.5, 0.6) is 0 Å². The maximum atomic E-state index is 12.4. The number of hydrogen-bond donors (Lipinski definition) is 2. The van der Waals surface area contributed by atoms with Crippen molar-refractivity contribution < 1.29 is 19.4 Å². The molecule has 0 fully saturated rings. The Morgan fingerprint density at radius 1 is 1.42 bits per heavy atom. The molecule has 1 atom stereocenters. The van der Waals surface area contributed by atoms with Gasteiger partial charge in [0.2, 0.25) is 0 Å². The summed E-state index contributed by atoms with van der Waals surface area (Å²) in [5, 5.41) is 13.1. The predicted molar refractivity (Wildman–Crippen MR) is 99.6 cm³/mol. The first-order chi connectivity index (χ1) is 12.5. The van der Waals surface area contributed by atoms with Gasteiger partial charge in [-0.1, -0.05) is 19.4 Å². The number of aryl methyl sites for hydroxylation is 1. The molecule has 0 radical (unpaired) electrons. The van der Waals surface area contributed by atoms with E-state index in [0.717, 1.165) is 46.0 Å². The Morgan fingerprint density at radius 2 is 2.23 bits per heavy atom. The molecular formula is C19H22N2O4S. The molecule has 0 saturated heterocycles. The number of hydrogen-bond acceptors (Lipinski definition) is 6. The second kappa shape index (κ2) is 7.97. The monoisotopic (exact) mass is 374 g/mol.